The van der Waals surface area contributed by atoms with Crippen molar-refractivity contribution in [3.8, 4) is 0 Å². The number of rotatable bonds is 3. The maximum atomic E-state index is 12.0. The second kappa shape index (κ2) is 4.55. The monoisotopic (exact) mass is 234 g/mol. The fourth-order valence-electron chi connectivity index (χ4n) is 1.97. The molecule has 0 aliphatic carbocycles. The molecule has 2 rings (SSSR count). The van der Waals surface area contributed by atoms with Gasteiger partial charge in [0.15, 0.2) is 0 Å². The fourth-order valence-corrected chi connectivity index (χ4v) is 1.97. The molecule has 1 aliphatic heterocycles. The number of hydrogen-bond acceptors (Lipinski definition) is 3. The average Bonchev–Trinajstić information content (AvgIpc) is 2.70. The van der Waals surface area contributed by atoms with E-state index >= 15 is 0 Å². The molecule has 2 amide bonds. The van der Waals surface area contributed by atoms with Crippen molar-refractivity contribution in [1.82, 2.24) is 5.06 Å². The van der Waals surface area contributed by atoms with E-state index in [1.807, 2.05) is 6.92 Å². The molecule has 5 nitrogen and oxygen atoms in total. The van der Waals surface area contributed by atoms with Crippen LogP contribution in [0.3, 0.4) is 0 Å². The molecular weight excluding hydrogens is 220 g/mol. The first kappa shape index (κ1) is 11.6. The average molecular weight is 234 g/mol. The Kier molecular flexibility index (Phi) is 3.10. The molecule has 1 heterocycles. The lowest BCUT2D eigenvalue weighted by atomic mass is 9.94. The first-order valence-corrected chi connectivity index (χ1v) is 5.48. The van der Waals surface area contributed by atoms with Crippen molar-refractivity contribution in [3.63, 3.8) is 0 Å². The molecule has 17 heavy (non-hydrogen) atoms. The summed E-state index contributed by atoms with van der Waals surface area (Å²) in [7, 11) is 0. The highest BCUT2D eigenvalue weighted by Crippen LogP contribution is 2.27. The van der Waals surface area contributed by atoms with E-state index in [1.54, 1.807) is 24.3 Å². The van der Waals surface area contributed by atoms with Crippen molar-refractivity contribution in [1.29, 1.82) is 0 Å². The van der Waals surface area contributed by atoms with Crippen molar-refractivity contribution in [2.75, 3.05) is 13.2 Å². The maximum Gasteiger partial charge on any atom is 0.256 e. The smallest absolute Gasteiger partial charge is 0.256 e. The molecule has 5 heteroatoms. The van der Waals surface area contributed by atoms with Gasteiger partial charge < -0.3 is 5.73 Å². The second-order valence-electron chi connectivity index (χ2n) is 3.83. The number of carbonyl (C=O) groups excluding carboxylic acids is 2. The quantitative estimate of drug-likeness (QED) is 0.835. The summed E-state index contributed by atoms with van der Waals surface area (Å²) in [6.45, 7) is 2.59. The third-order valence-corrected chi connectivity index (χ3v) is 2.83. The van der Waals surface area contributed by atoms with Crippen LogP contribution in [0.5, 0.6) is 0 Å². The number of hydrogen-bond donors (Lipinski definition) is 1. The number of amides is 2. The number of benzene rings is 1. The summed E-state index contributed by atoms with van der Waals surface area (Å²) < 4.78 is 0. The van der Waals surface area contributed by atoms with Crippen LogP contribution in [0.15, 0.2) is 24.3 Å². The van der Waals surface area contributed by atoms with Gasteiger partial charge in [0, 0.05) is 12.1 Å². The maximum absolute atomic E-state index is 12.0. The van der Waals surface area contributed by atoms with Crippen LogP contribution in [-0.4, -0.2) is 30.0 Å². The number of hydroxylamine groups is 2. The Morgan fingerprint density at radius 3 is 2.82 bits per heavy atom. The van der Waals surface area contributed by atoms with Crippen molar-refractivity contribution in [2.45, 2.75) is 12.8 Å². The molecule has 2 N–H and O–H groups in total. The third-order valence-electron chi connectivity index (χ3n) is 2.83. The number of nitrogens with two attached hydrogens (primary N) is 1. The Hall–Kier alpha value is -1.88. The molecule has 1 saturated heterocycles. The second-order valence-corrected chi connectivity index (χ2v) is 3.83. The number of carbonyl (C=O) groups is 2. The molecule has 0 spiro atoms. The molecule has 0 saturated carbocycles. The summed E-state index contributed by atoms with van der Waals surface area (Å²) in [5, 5.41) is 1.31. The van der Waals surface area contributed by atoms with Crippen LogP contribution in [0.2, 0.25) is 0 Å². The summed E-state index contributed by atoms with van der Waals surface area (Å²) in [5.41, 5.74) is 6.31. The zero-order chi connectivity index (χ0) is 12.4. The van der Waals surface area contributed by atoms with Gasteiger partial charge in [0.05, 0.1) is 12.5 Å². The minimum Gasteiger partial charge on any atom is -0.366 e. The molecule has 0 radical (unpaired) electrons. The van der Waals surface area contributed by atoms with Gasteiger partial charge >= 0.3 is 0 Å². The highest BCUT2D eigenvalue weighted by Gasteiger charge is 2.35. The van der Waals surface area contributed by atoms with E-state index in [4.69, 9.17) is 10.6 Å². The van der Waals surface area contributed by atoms with Crippen molar-refractivity contribution in [3.05, 3.63) is 35.4 Å². The predicted molar refractivity (Wildman–Crippen MR) is 61.0 cm³/mol. The van der Waals surface area contributed by atoms with Gasteiger partial charge in [0.2, 0.25) is 5.91 Å². The fraction of sp³-hybridized carbons (Fsp3) is 0.333. The summed E-state index contributed by atoms with van der Waals surface area (Å²) >= 11 is 0. The van der Waals surface area contributed by atoms with Crippen LogP contribution < -0.4 is 5.73 Å². The molecule has 90 valence electrons. The van der Waals surface area contributed by atoms with Crippen LogP contribution in [-0.2, 0) is 9.63 Å². The van der Waals surface area contributed by atoms with Gasteiger partial charge in [-0.05, 0) is 18.6 Å². The Balaban J connectivity index is 2.35. The molecular formula is C12H14N2O3. The van der Waals surface area contributed by atoms with E-state index in [-0.39, 0.29) is 12.5 Å². The van der Waals surface area contributed by atoms with Crippen molar-refractivity contribution in [2.24, 2.45) is 5.73 Å². The number of nitrogens with zero attached hydrogens (tertiary/aromatic N) is 1. The van der Waals surface area contributed by atoms with Gasteiger partial charge in [-0.15, -0.1) is 0 Å². The zero-order valence-electron chi connectivity index (χ0n) is 9.55. The lowest BCUT2D eigenvalue weighted by Gasteiger charge is -2.12. The normalized spacial score (nSPS) is 19.7. The summed E-state index contributed by atoms with van der Waals surface area (Å²) in [4.78, 5) is 28.5. The molecule has 1 aromatic rings. The lowest BCUT2D eigenvalue weighted by molar-refractivity contribution is -0.160. The van der Waals surface area contributed by atoms with Crippen LogP contribution in [0.4, 0.5) is 0 Å². The summed E-state index contributed by atoms with van der Waals surface area (Å²) in [6.07, 6.45) is 0. The molecule has 0 bridgehead atoms. The van der Waals surface area contributed by atoms with E-state index in [0.717, 1.165) is 0 Å². The highest BCUT2D eigenvalue weighted by molar-refractivity contribution is 5.97. The van der Waals surface area contributed by atoms with Gasteiger partial charge in [-0.1, -0.05) is 18.2 Å². The Morgan fingerprint density at radius 1 is 1.53 bits per heavy atom. The standard InChI is InChI=1S/C12H14N2O3/c1-2-14-12(16)10(7-17-14)8-5-3-4-6-9(8)11(13)15/h3-6,10H,2,7H2,1H3,(H2,13,15). The minimum absolute atomic E-state index is 0.124. The van der Waals surface area contributed by atoms with Gasteiger partial charge in [-0.3, -0.25) is 14.4 Å². The van der Waals surface area contributed by atoms with Crippen LogP contribution >= 0.6 is 0 Å². The first-order valence-electron chi connectivity index (χ1n) is 5.48. The van der Waals surface area contributed by atoms with Crippen LogP contribution in [0.25, 0.3) is 0 Å². The van der Waals surface area contributed by atoms with E-state index in [2.05, 4.69) is 0 Å². The summed E-state index contributed by atoms with van der Waals surface area (Å²) in [5.74, 6) is -1.08. The third kappa shape index (κ3) is 2.01. The minimum atomic E-state index is -0.525. The van der Waals surface area contributed by atoms with Gasteiger partial charge in [0.25, 0.3) is 5.91 Å². The van der Waals surface area contributed by atoms with Crippen molar-refractivity contribution >= 4 is 11.8 Å². The molecule has 1 aliphatic rings. The molecule has 0 aromatic heterocycles. The van der Waals surface area contributed by atoms with Crippen molar-refractivity contribution < 1.29 is 14.4 Å². The highest BCUT2D eigenvalue weighted by atomic mass is 16.7. The Labute approximate surface area is 99.1 Å². The molecule has 1 unspecified atom stereocenters. The topological polar surface area (TPSA) is 72.6 Å². The molecule has 1 fully saturated rings. The van der Waals surface area contributed by atoms with Crippen LogP contribution in [0, 0.1) is 0 Å². The molecule has 1 atom stereocenters. The van der Waals surface area contributed by atoms with E-state index in [0.29, 0.717) is 17.7 Å². The van der Waals surface area contributed by atoms with E-state index in [9.17, 15) is 9.59 Å². The van der Waals surface area contributed by atoms with Gasteiger partial charge in [-0.25, -0.2) is 5.06 Å². The SMILES string of the molecule is CCN1OCC(c2ccccc2C(N)=O)C1=O. The summed E-state index contributed by atoms with van der Waals surface area (Å²) in [6, 6.07) is 6.87. The number of primary amides is 1. The zero-order valence-corrected chi connectivity index (χ0v) is 9.55. The Morgan fingerprint density at radius 2 is 2.24 bits per heavy atom. The largest absolute Gasteiger partial charge is 0.366 e. The van der Waals surface area contributed by atoms with Crippen LogP contribution in [0.1, 0.15) is 28.8 Å². The van der Waals surface area contributed by atoms with E-state index < -0.39 is 11.8 Å². The van der Waals surface area contributed by atoms with Gasteiger partial charge in [-0.2, -0.15) is 0 Å². The number of likely N-dealkylation sites (N-methyl/N-ethyl adjacent to an activating group) is 1. The van der Waals surface area contributed by atoms with E-state index in [1.165, 1.54) is 5.06 Å². The molecule has 1 aromatic carbocycles. The van der Waals surface area contributed by atoms with Gasteiger partial charge in [0.1, 0.15) is 0 Å². The predicted octanol–water partition coefficient (Wildman–Crippen LogP) is 0.663. The first-order chi connectivity index (χ1) is 8.15. The lowest BCUT2D eigenvalue weighted by Crippen LogP contribution is -2.26. The Bertz CT molecular complexity index is 459.